The lowest BCUT2D eigenvalue weighted by molar-refractivity contribution is -0.135. The van der Waals surface area contributed by atoms with Crippen molar-refractivity contribution in [1.82, 2.24) is 10.2 Å². The summed E-state index contributed by atoms with van der Waals surface area (Å²) < 4.78 is 5.36. The Morgan fingerprint density at radius 2 is 2.27 bits per heavy atom. The normalized spacial score (nSPS) is 21.3. The molecular formula is C16H25N3O2S. The third-order valence-corrected chi connectivity index (χ3v) is 5.95. The molecule has 0 unspecified atom stereocenters. The summed E-state index contributed by atoms with van der Waals surface area (Å²) in [5.41, 5.74) is 6.90. The van der Waals surface area contributed by atoms with Crippen LogP contribution in [0.1, 0.15) is 23.3 Å². The predicted molar refractivity (Wildman–Crippen MR) is 87.9 cm³/mol. The molecule has 1 fully saturated rings. The average Bonchev–Trinajstić information content (AvgIpc) is 3.03. The number of carbonyl (C=O) groups excluding carboxylic acids is 1. The molecule has 122 valence electrons. The van der Waals surface area contributed by atoms with E-state index in [-0.39, 0.29) is 5.91 Å². The fourth-order valence-corrected chi connectivity index (χ4v) is 4.19. The van der Waals surface area contributed by atoms with Gasteiger partial charge in [-0.3, -0.25) is 9.69 Å². The second-order valence-corrected chi connectivity index (χ2v) is 7.25. The van der Waals surface area contributed by atoms with Crippen molar-refractivity contribution in [3.05, 3.63) is 21.9 Å². The van der Waals surface area contributed by atoms with Crippen LogP contribution in [0, 0.1) is 5.41 Å². The van der Waals surface area contributed by atoms with Crippen molar-refractivity contribution in [1.29, 1.82) is 0 Å². The molecule has 1 aromatic heterocycles. The number of nitrogens with two attached hydrogens (primary N) is 1. The molecule has 3 N–H and O–H groups in total. The van der Waals surface area contributed by atoms with Crippen LogP contribution in [0.2, 0.25) is 0 Å². The van der Waals surface area contributed by atoms with Crippen molar-refractivity contribution >= 4 is 17.2 Å². The fraction of sp³-hybridized carbons (Fsp3) is 0.688. The minimum atomic E-state index is -0.416. The van der Waals surface area contributed by atoms with Gasteiger partial charge in [0.15, 0.2) is 0 Å². The van der Waals surface area contributed by atoms with E-state index in [2.05, 4.69) is 21.7 Å². The first-order valence-electron chi connectivity index (χ1n) is 8.07. The number of amides is 1. The van der Waals surface area contributed by atoms with Crippen molar-refractivity contribution in [3.63, 3.8) is 0 Å². The second-order valence-electron chi connectivity index (χ2n) is 6.25. The second kappa shape index (κ2) is 7.08. The molecule has 2 aliphatic rings. The molecule has 3 rings (SSSR count). The van der Waals surface area contributed by atoms with Gasteiger partial charge >= 0.3 is 0 Å². The predicted octanol–water partition coefficient (Wildman–Crippen LogP) is 0.978. The third kappa shape index (κ3) is 3.35. The molecule has 0 aliphatic carbocycles. The Balaban J connectivity index is 1.46. The Bertz CT molecular complexity index is 511. The van der Waals surface area contributed by atoms with Gasteiger partial charge in [-0.25, -0.2) is 0 Å². The van der Waals surface area contributed by atoms with Gasteiger partial charge in [0.1, 0.15) is 0 Å². The van der Waals surface area contributed by atoms with E-state index in [1.807, 2.05) is 11.3 Å². The van der Waals surface area contributed by atoms with Gasteiger partial charge in [0, 0.05) is 50.8 Å². The van der Waals surface area contributed by atoms with Crippen LogP contribution in [-0.2, 0) is 22.5 Å². The summed E-state index contributed by atoms with van der Waals surface area (Å²) in [5.74, 6) is 0.103. The Labute approximate surface area is 135 Å². The van der Waals surface area contributed by atoms with Crippen LogP contribution >= 0.6 is 11.3 Å². The van der Waals surface area contributed by atoms with E-state index < -0.39 is 5.41 Å². The lowest BCUT2D eigenvalue weighted by atomic mass is 9.79. The summed E-state index contributed by atoms with van der Waals surface area (Å²) in [5, 5.41) is 5.27. The molecule has 0 bridgehead atoms. The lowest BCUT2D eigenvalue weighted by Gasteiger charge is -2.35. The van der Waals surface area contributed by atoms with Crippen molar-refractivity contribution < 1.29 is 9.53 Å². The van der Waals surface area contributed by atoms with Crippen molar-refractivity contribution in [2.75, 3.05) is 39.4 Å². The maximum atomic E-state index is 12.5. The quantitative estimate of drug-likeness (QED) is 0.847. The maximum Gasteiger partial charge on any atom is 0.227 e. The van der Waals surface area contributed by atoms with E-state index >= 15 is 0 Å². The molecule has 0 aromatic carbocycles. The number of thiophene rings is 1. The van der Waals surface area contributed by atoms with Gasteiger partial charge in [0.25, 0.3) is 0 Å². The first-order chi connectivity index (χ1) is 10.7. The van der Waals surface area contributed by atoms with Gasteiger partial charge in [-0.15, -0.1) is 11.3 Å². The molecule has 1 saturated heterocycles. The van der Waals surface area contributed by atoms with E-state index in [4.69, 9.17) is 10.5 Å². The molecule has 1 amide bonds. The van der Waals surface area contributed by atoms with E-state index in [1.54, 1.807) is 0 Å². The number of nitrogens with zero attached hydrogens (tertiary/aromatic N) is 1. The van der Waals surface area contributed by atoms with Crippen LogP contribution in [0.15, 0.2) is 11.4 Å². The number of ether oxygens (including phenoxy) is 1. The number of hydrogen-bond donors (Lipinski definition) is 2. The van der Waals surface area contributed by atoms with Crippen molar-refractivity contribution in [2.45, 2.75) is 25.8 Å². The minimum absolute atomic E-state index is 0.103. The van der Waals surface area contributed by atoms with Crippen LogP contribution in [-0.4, -0.2) is 50.2 Å². The Hall–Kier alpha value is -0.950. The number of carbonyl (C=O) groups is 1. The number of hydrogen-bond acceptors (Lipinski definition) is 5. The maximum absolute atomic E-state index is 12.5. The number of rotatable bonds is 5. The van der Waals surface area contributed by atoms with Gasteiger partial charge in [-0.2, -0.15) is 0 Å². The topological polar surface area (TPSA) is 67.6 Å². The lowest BCUT2D eigenvalue weighted by Crippen LogP contribution is -2.50. The summed E-state index contributed by atoms with van der Waals surface area (Å²) >= 11 is 1.86. The molecule has 3 heterocycles. The smallest absolute Gasteiger partial charge is 0.227 e. The zero-order chi connectivity index (χ0) is 15.4. The molecule has 0 saturated carbocycles. The first-order valence-corrected chi connectivity index (χ1v) is 8.95. The standard InChI is InChI=1S/C16H25N3O2S/c17-12-16(3-8-21-9-4-16)15(20)18-5-7-19-6-1-14-13(11-19)2-10-22-14/h2,10H,1,3-9,11-12,17H2,(H,18,20). The molecule has 2 aliphatic heterocycles. The van der Waals surface area contributed by atoms with Crippen LogP contribution in [0.25, 0.3) is 0 Å². The zero-order valence-corrected chi connectivity index (χ0v) is 13.8. The SMILES string of the molecule is NCC1(C(=O)NCCN2CCc3sccc3C2)CCOCC1. The molecule has 1 aromatic rings. The van der Waals surface area contributed by atoms with Crippen LogP contribution in [0.3, 0.4) is 0 Å². The largest absolute Gasteiger partial charge is 0.381 e. The highest BCUT2D eigenvalue weighted by atomic mass is 32.1. The molecule has 0 spiro atoms. The van der Waals surface area contributed by atoms with Crippen LogP contribution in [0.4, 0.5) is 0 Å². The minimum Gasteiger partial charge on any atom is -0.381 e. The van der Waals surface area contributed by atoms with Gasteiger partial charge in [0.2, 0.25) is 5.91 Å². The van der Waals surface area contributed by atoms with E-state index in [9.17, 15) is 4.79 Å². The molecule has 6 heteroatoms. The van der Waals surface area contributed by atoms with Crippen molar-refractivity contribution in [2.24, 2.45) is 11.1 Å². The molecule has 0 radical (unpaired) electrons. The highest BCUT2D eigenvalue weighted by molar-refractivity contribution is 7.10. The van der Waals surface area contributed by atoms with Crippen molar-refractivity contribution in [3.8, 4) is 0 Å². The fourth-order valence-electron chi connectivity index (χ4n) is 3.30. The highest BCUT2D eigenvalue weighted by Crippen LogP contribution is 2.29. The summed E-state index contributed by atoms with van der Waals surface area (Å²) in [6.45, 7) is 5.36. The summed E-state index contributed by atoms with van der Waals surface area (Å²) in [4.78, 5) is 16.4. The van der Waals surface area contributed by atoms with E-state index in [0.29, 0.717) is 26.3 Å². The summed E-state index contributed by atoms with van der Waals surface area (Å²) in [7, 11) is 0. The summed E-state index contributed by atoms with van der Waals surface area (Å²) in [6.07, 6.45) is 2.60. The molecular weight excluding hydrogens is 298 g/mol. The number of fused-ring (bicyclic) bond motifs is 1. The Kier molecular flexibility index (Phi) is 5.13. The monoisotopic (exact) mass is 323 g/mol. The number of nitrogens with one attached hydrogen (secondary N) is 1. The summed E-state index contributed by atoms with van der Waals surface area (Å²) in [6, 6.07) is 2.22. The van der Waals surface area contributed by atoms with Gasteiger partial charge in [0.05, 0.1) is 5.41 Å². The third-order valence-electron chi connectivity index (χ3n) is 4.92. The van der Waals surface area contributed by atoms with Crippen LogP contribution < -0.4 is 11.1 Å². The van der Waals surface area contributed by atoms with Gasteiger partial charge in [-0.05, 0) is 36.3 Å². The molecule has 5 nitrogen and oxygen atoms in total. The average molecular weight is 323 g/mol. The molecule has 22 heavy (non-hydrogen) atoms. The zero-order valence-electron chi connectivity index (χ0n) is 13.0. The van der Waals surface area contributed by atoms with Crippen LogP contribution in [0.5, 0.6) is 0 Å². The van der Waals surface area contributed by atoms with E-state index in [1.165, 1.54) is 10.4 Å². The van der Waals surface area contributed by atoms with E-state index in [0.717, 1.165) is 38.9 Å². The molecule has 0 atom stereocenters. The highest BCUT2D eigenvalue weighted by Gasteiger charge is 2.38. The van der Waals surface area contributed by atoms with Gasteiger partial charge < -0.3 is 15.8 Å². The Morgan fingerprint density at radius 3 is 3.05 bits per heavy atom. The Morgan fingerprint density at radius 1 is 1.45 bits per heavy atom. The van der Waals surface area contributed by atoms with Gasteiger partial charge in [-0.1, -0.05) is 0 Å². The first kappa shape index (κ1) is 15.9.